The van der Waals surface area contributed by atoms with Crippen LogP contribution in [0.3, 0.4) is 0 Å². The summed E-state index contributed by atoms with van der Waals surface area (Å²) in [5, 5.41) is 10.6. The number of rotatable bonds is 6. The topological polar surface area (TPSA) is 87.0 Å². The molecule has 1 unspecified atom stereocenters. The Hall–Kier alpha value is -2.21. The van der Waals surface area contributed by atoms with Crippen LogP contribution in [0.15, 0.2) is 36.8 Å². The molecular formula is C14H18N4O2. The monoisotopic (exact) mass is 274 g/mol. The standard InChI is InChI=1S/C14H18N4O2/c1-11(15)8-13-9-17(10-16-13)7-6-12-2-4-14(5-3-12)18(19)20/h2-5,9-11H,6-8,15H2,1H3. The van der Waals surface area contributed by atoms with Crippen LogP contribution in [0.25, 0.3) is 0 Å². The Balaban J connectivity index is 1.91. The fourth-order valence-electron chi connectivity index (χ4n) is 2.01. The summed E-state index contributed by atoms with van der Waals surface area (Å²) in [5.41, 5.74) is 7.91. The van der Waals surface area contributed by atoms with Gasteiger partial charge in [0.15, 0.2) is 0 Å². The Kier molecular flexibility index (Phi) is 4.47. The minimum Gasteiger partial charge on any atom is -0.337 e. The molecule has 0 saturated heterocycles. The highest BCUT2D eigenvalue weighted by atomic mass is 16.6. The van der Waals surface area contributed by atoms with Gasteiger partial charge in [-0.05, 0) is 18.9 Å². The normalized spacial score (nSPS) is 12.3. The maximum absolute atomic E-state index is 10.6. The predicted molar refractivity (Wildman–Crippen MR) is 76.4 cm³/mol. The molecule has 106 valence electrons. The molecule has 1 aromatic carbocycles. The van der Waals surface area contributed by atoms with Crippen molar-refractivity contribution in [2.45, 2.75) is 32.4 Å². The van der Waals surface area contributed by atoms with E-state index < -0.39 is 0 Å². The van der Waals surface area contributed by atoms with Gasteiger partial charge in [0.25, 0.3) is 5.69 Å². The average molecular weight is 274 g/mol. The average Bonchev–Trinajstić information content (AvgIpc) is 2.83. The summed E-state index contributed by atoms with van der Waals surface area (Å²) in [6, 6.07) is 6.75. The summed E-state index contributed by atoms with van der Waals surface area (Å²) in [4.78, 5) is 14.5. The van der Waals surface area contributed by atoms with E-state index in [4.69, 9.17) is 5.73 Å². The zero-order valence-electron chi connectivity index (χ0n) is 11.4. The van der Waals surface area contributed by atoms with E-state index >= 15 is 0 Å². The largest absolute Gasteiger partial charge is 0.337 e. The Morgan fingerprint density at radius 2 is 2.10 bits per heavy atom. The number of aryl methyl sites for hydroxylation is 2. The van der Waals surface area contributed by atoms with Gasteiger partial charge in [0.1, 0.15) is 0 Å². The van der Waals surface area contributed by atoms with Crippen LogP contribution in [0.4, 0.5) is 5.69 Å². The van der Waals surface area contributed by atoms with Gasteiger partial charge < -0.3 is 10.3 Å². The van der Waals surface area contributed by atoms with Crippen molar-refractivity contribution >= 4 is 5.69 Å². The van der Waals surface area contributed by atoms with Crippen LogP contribution in [0.1, 0.15) is 18.2 Å². The molecule has 2 rings (SSSR count). The molecule has 0 aliphatic carbocycles. The van der Waals surface area contributed by atoms with E-state index in [1.165, 1.54) is 12.1 Å². The van der Waals surface area contributed by atoms with E-state index in [0.717, 1.165) is 30.6 Å². The summed E-state index contributed by atoms with van der Waals surface area (Å²) in [7, 11) is 0. The van der Waals surface area contributed by atoms with Gasteiger partial charge in [-0.1, -0.05) is 12.1 Å². The predicted octanol–water partition coefficient (Wildman–Crippen LogP) is 1.92. The molecule has 0 saturated carbocycles. The molecule has 2 N–H and O–H groups in total. The molecule has 0 spiro atoms. The molecule has 0 radical (unpaired) electrons. The van der Waals surface area contributed by atoms with Gasteiger partial charge in [-0.25, -0.2) is 4.98 Å². The first-order valence-corrected chi connectivity index (χ1v) is 6.54. The third-order valence-electron chi connectivity index (χ3n) is 3.02. The van der Waals surface area contributed by atoms with Crippen LogP contribution in [-0.4, -0.2) is 20.5 Å². The van der Waals surface area contributed by atoms with Gasteiger partial charge in [0.05, 0.1) is 16.9 Å². The van der Waals surface area contributed by atoms with Crippen molar-refractivity contribution in [2.24, 2.45) is 5.73 Å². The number of imidazole rings is 1. The van der Waals surface area contributed by atoms with E-state index in [-0.39, 0.29) is 16.7 Å². The van der Waals surface area contributed by atoms with E-state index in [0.29, 0.717) is 0 Å². The lowest BCUT2D eigenvalue weighted by Crippen LogP contribution is -2.17. The fraction of sp³-hybridized carbons (Fsp3) is 0.357. The molecule has 0 aliphatic rings. The molecule has 0 amide bonds. The van der Waals surface area contributed by atoms with Gasteiger partial charge in [-0.3, -0.25) is 10.1 Å². The van der Waals surface area contributed by atoms with Crippen molar-refractivity contribution in [1.82, 2.24) is 9.55 Å². The highest BCUT2D eigenvalue weighted by Gasteiger charge is 2.05. The molecule has 0 bridgehead atoms. The minimum absolute atomic E-state index is 0.105. The molecule has 1 heterocycles. The molecule has 20 heavy (non-hydrogen) atoms. The lowest BCUT2D eigenvalue weighted by atomic mass is 10.1. The molecule has 2 aromatic rings. The number of hydrogen-bond donors (Lipinski definition) is 1. The number of nitrogens with two attached hydrogens (primary N) is 1. The SMILES string of the molecule is CC(N)Cc1cn(CCc2ccc([N+](=O)[O-])cc2)cn1. The number of nitro groups is 1. The third-order valence-corrected chi connectivity index (χ3v) is 3.02. The molecule has 6 heteroatoms. The number of aromatic nitrogens is 2. The van der Waals surface area contributed by atoms with Crippen molar-refractivity contribution in [3.05, 3.63) is 58.2 Å². The third kappa shape index (κ3) is 3.89. The van der Waals surface area contributed by atoms with Crippen molar-refractivity contribution in [3.63, 3.8) is 0 Å². The number of nitrogens with zero attached hydrogens (tertiary/aromatic N) is 3. The van der Waals surface area contributed by atoms with Crippen LogP contribution in [0.2, 0.25) is 0 Å². The first-order valence-electron chi connectivity index (χ1n) is 6.54. The smallest absolute Gasteiger partial charge is 0.269 e. The van der Waals surface area contributed by atoms with Crippen molar-refractivity contribution < 1.29 is 4.92 Å². The second-order valence-electron chi connectivity index (χ2n) is 4.96. The zero-order chi connectivity index (χ0) is 14.5. The van der Waals surface area contributed by atoms with Crippen LogP contribution in [-0.2, 0) is 19.4 Å². The lowest BCUT2D eigenvalue weighted by molar-refractivity contribution is -0.384. The van der Waals surface area contributed by atoms with Gasteiger partial charge in [-0.2, -0.15) is 0 Å². The molecule has 0 aliphatic heterocycles. The summed E-state index contributed by atoms with van der Waals surface area (Å²) in [6.07, 6.45) is 5.37. The highest BCUT2D eigenvalue weighted by Crippen LogP contribution is 2.12. The van der Waals surface area contributed by atoms with E-state index in [1.807, 2.05) is 17.7 Å². The Bertz CT molecular complexity index is 575. The van der Waals surface area contributed by atoms with Crippen molar-refractivity contribution in [3.8, 4) is 0 Å². The second kappa shape index (κ2) is 6.29. The van der Waals surface area contributed by atoms with Crippen LogP contribution >= 0.6 is 0 Å². The number of hydrogen-bond acceptors (Lipinski definition) is 4. The highest BCUT2D eigenvalue weighted by molar-refractivity contribution is 5.32. The van der Waals surface area contributed by atoms with Gasteiger partial charge in [0.2, 0.25) is 0 Å². The molecule has 6 nitrogen and oxygen atoms in total. The minimum atomic E-state index is -0.389. The van der Waals surface area contributed by atoms with E-state index in [9.17, 15) is 10.1 Å². The van der Waals surface area contributed by atoms with Crippen molar-refractivity contribution in [2.75, 3.05) is 0 Å². The maximum atomic E-state index is 10.6. The summed E-state index contributed by atoms with van der Waals surface area (Å²) in [5.74, 6) is 0. The molecular weight excluding hydrogens is 256 g/mol. The van der Waals surface area contributed by atoms with Gasteiger partial charge >= 0.3 is 0 Å². The van der Waals surface area contributed by atoms with Crippen LogP contribution < -0.4 is 5.73 Å². The summed E-state index contributed by atoms with van der Waals surface area (Å²) < 4.78 is 2.01. The van der Waals surface area contributed by atoms with Crippen LogP contribution in [0.5, 0.6) is 0 Å². The Morgan fingerprint density at radius 3 is 2.70 bits per heavy atom. The Morgan fingerprint density at radius 1 is 1.40 bits per heavy atom. The number of benzene rings is 1. The number of nitro benzene ring substituents is 1. The molecule has 1 aromatic heterocycles. The van der Waals surface area contributed by atoms with Gasteiger partial charge in [0, 0.05) is 37.3 Å². The summed E-state index contributed by atoms with van der Waals surface area (Å²) in [6.45, 7) is 2.75. The fourth-order valence-corrected chi connectivity index (χ4v) is 2.01. The van der Waals surface area contributed by atoms with Crippen molar-refractivity contribution in [1.29, 1.82) is 0 Å². The van der Waals surface area contributed by atoms with E-state index in [1.54, 1.807) is 18.5 Å². The molecule has 0 fully saturated rings. The first-order chi connectivity index (χ1) is 9.54. The van der Waals surface area contributed by atoms with Gasteiger partial charge in [-0.15, -0.1) is 0 Å². The quantitative estimate of drug-likeness (QED) is 0.644. The zero-order valence-corrected chi connectivity index (χ0v) is 11.4. The van der Waals surface area contributed by atoms with E-state index in [2.05, 4.69) is 4.98 Å². The first kappa shape index (κ1) is 14.2. The summed E-state index contributed by atoms with van der Waals surface area (Å²) >= 11 is 0. The lowest BCUT2D eigenvalue weighted by Gasteiger charge is -2.03. The second-order valence-corrected chi connectivity index (χ2v) is 4.96. The molecule has 1 atom stereocenters. The number of non-ortho nitro benzene ring substituents is 1. The van der Waals surface area contributed by atoms with Crippen LogP contribution in [0, 0.1) is 10.1 Å². The maximum Gasteiger partial charge on any atom is 0.269 e. The Labute approximate surface area is 117 Å².